The molecule has 1 heterocycles. The number of rotatable bonds is 8. The van der Waals surface area contributed by atoms with Crippen molar-refractivity contribution in [1.82, 2.24) is 15.1 Å². The quantitative estimate of drug-likeness (QED) is 0.786. The number of hydrogen-bond donors (Lipinski definition) is 1. The van der Waals surface area contributed by atoms with Gasteiger partial charge in [0.15, 0.2) is 0 Å². The van der Waals surface area contributed by atoms with Crippen LogP contribution in [0.25, 0.3) is 0 Å². The van der Waals surface area contributed by atoms with Gasteiger partial charge in [-0.15, -0.1) is 0 Å². The third kappa shape index (κ3) is 3.75. The maximum Gasteiger partial charge on any atom is 0.0597 e. The van der Waals surface area contributed by atoms with Gasteiger partial charge in [0.1, 0.15) is 0 Å². The molecule has 4 heteroatoms. The number of nitrogens with one attached hydrogen (secondary N) is 1. The predicted octanol–water partition coefficient (Wildman–Crippen LogP) is 3.22. The predicted molar refractivity (Wildman–Crippen MR) is 81.2 cm³/mol. The van der Waals surface area contributed by atoms with Gasteiger partial charge in [0.2, 0.25) is 0 Å². The maximum absolute atomic E-state index is 4.48. The molecule has 1 N–H and O–H groups in total. The van der Waals surface area contributed by atoms with Crippen molar-refractivity contribution in [2.24, 2.45) is 0 Å². The highest BCUT2D eigenvalue weighted by Crippen LogP contribution is 2.29. The van der Waals surface area contributed by atoms with E-state index < -0.39 is 0 Å². The number of nitrogens with zero attached hydrogens (tertiary/aromatic N) is 2. The van der Waals surface area contributed by atoms with Crippen molar-refractivity contribution in [3.63, 3.8) is 0 Å². The molecule has 0 aromatic carbocycles. The van der Waals surface area contributed by atoms with Crippen LogP contribution in [-0.2, 0) is 13.1 Å². The Bertz CT molecular complexity index is 348. The van der Waals surface area contributed by atoms with Gasteiger partial charge in [0.25, 0.3) is 0 Å². The highest BCUT2D eigenvalue weighted by Gasteiger charge is 2.24. The van der Waals surface area contributed by atoms with Crippen molar-refractivity contribution in [3.8, 4) is 0 Å². The lowest BCUT2D eigenvalue weighted by Crippen LogP contribution is -2.36. The second-order valence-electron chi connectivity index (χ2n) is 4.79. The largest absolute Gasteiger partial charge is 0.310 e. The van der Waals surface area contributed by atoms with Gasteiger partial charge in [-0.1, -0.05) is 13.8 Å². The summed E-state index contributed by atoms with van der Waals surface area (Å²) in [6.07, 6.45) is 4.64. The summed E-state index contributed by atoms with van der Waals surface area (Å²) >= 11 is 1.98. The summed E-state index contributed by atoms with van der Waals surface area (Å²) in [5, 5.41) is 8.08. The summed E-state index contributed by atoms with van der Waals surface area (Å²) in [6, 6.07) is 2.18. The fourth-order valence-corrected chi connectivity index (χ4v) is 3.12. The zero-order chi connectivity index (χ0) is 13.6. The molecule has 0 aliphatic carbocycles. The van der Waals surface area contributed by atoms with Crippen LogP contribution in [0.3, 0.4) is 0 Å². The summed E-state index contributed by atoms with van der Waals surface area (Å²) in [5.74, 6) is 0. The standard InChI is InChI=1S/C14H27N3S/c1-6-14(7-2,18-5)11-15-10-13-9-12(4)16-17(13)8-3/h9,15H,6-8,10-11H2,1-5H3. The third-order valence-electron chi connectivity index (χ3n) is 3.76. The first-order valence-electron chi connectivity index (χ1n) is 6.90. The van der Waals surface area contributed by atoms with E-state index in [2.05, 4.69) is 55.1 Å². The summed E-state index contributed by atoms with van der Waals surface area (Å²) in [7, 11) is 0. The van der Waals surface area contributed by atoms with E-state index in [1.54, 1.807) is 0 Å². The summed E-state index contributed by atoms with van der Waals surface area (Å²) < 4.78 is 2.47. The van der Waals surface area contributed by atoms with Gasteiger partial charge in [-0.05, 0) is 39.0 Å². The van der Waals surface area contributed by atoms with Gasteiger partial charge >= 0.3 is 0 Å². The van der Waals surface area contributed by atoms with Gasteiger partial charge in [-0.2, -0.15) is 16.9 Å². The molecule has 0 spiro atoms. The van der Waals surface area contributed by atoms with Crippen molar-refractivity contribution in [3.05, 3.63) is 17.5 Å². The van der Waals surface area contributed by atoms with Crippen LogP contribution in [0, 0.1) is 6.92 Å². The second-order valence-corrected chi connectivity index (χ2v) is 6.06. The molecule has 0 unspecified atom stereocenters. The summed E-state index contributed by atoms with van der Waals surface area (Å²) in [5.41, 5.74) is 2.40. The Morgan fingerprint density at radius 1 is 1.33 bits per heavy atom. The fraction of sp³-hybridized carbons (Fsp3) is 0.786. The van der Waals surface area contributed by atoms with E-state index in [0.717, 1.165) is 25.3 Å². The molecular formula is C14H27N3S. The molecule has 1 aromatic heterocycles. The lowest BCUT2D eigenvalue weighted by Gasteiger charge is -2.30. The first-order chi connectivity index (χ1) is 8.60. The van der Waals surface area contributed by atoms with Crippen LogP contribution in [0.1, 0.15) is 45.0 Å². The van der Waals surface area contributed by atoms with Crippen LogP contribution in [0.4, 0.5) is 0 Å². The van der Waals surface area contributed by atoms with Gasteiger partial charge in [-0.25, -0.2) is 0 Å². The number of thioether (sulfide) groups is 1. The normalized spacial score (nSPS) is 12.1. The van der Waals surface area contributed by atoms with Crippen molar-refractivity contribution in [2.75, 3.05) is 12.8 Å². The Labute approximate surface area is 116 Å². The second kappa shape index (κ2) is 7.19. The molecule has 0 aliphatic heterocycles. The first kappa shape index (κ1) is 15.6. The molecule has 1 aromatic rings. The minimum absolute atomic E-state index is 0.381. The van der Waals surface area contributed by atoms with E-state index in [9.17, 15) is 0 Å². The Balaban J connectivity index is 2.54. The molecule has 0 saturated carbocycles. The molecule has 18 heavy (non-hydrogen) atoms. The minimum Gasteiger partial charge on any atom is -0.310 e. The Kier molecular flexibility index (Phi) is 6.22. The number of hydrogen-bond acceptors (Lipinski definition) is 3. The summed E-state index contributed by atoms with van der Waals surface area (Å²) in [6.45, 7) is 11.7. The van der Waals surface area contributed by atoms with Crippen molar-refractivity contribution in [2.45, 2.75) is 58.4 Å². The molecule has 0 bridgehead atoms. The zero-order valence-electron chi connectivity index (χ0n) is 12.4. The van der Waals surface area contributed by atoms with E-state index in [1.165, 1.54) is 18.5 Å². The van der Waals surface area contributed by atoms with Crippen LogP contribution < -0.4 is 5.32 Å². The van der Waals surface area contributed by atoms with E-state index in [1.807, 2.05) is 11.8 Å². The first-order valence-corrected chi connectivity index (χ1v) is 8.12. The fourth-order valence-electron chi connectivity index (χ4n) is 2.29. The minimum atomic E-state index is 0.381. The van der Waals surface area contributed by atoms with Crippen LogP contribution in [-0.4, -0.2) is 27.3 Å². The van der Waals surface area contributed by atoms with Crippen LogP contribution in [0.15, 0.2) is 6.07 Å². The molecular weight excluding hydrogens is 242 g/mol. The lowest BCUT2D eigenvalue weighted by molar-refractivity contribution is 0.483. The molecule has 3 nitrogen and oxygen atoms in total. The zero-order valence-corrected chi connectivity index (χ0v) is 13.2. The van der Waals surface area contributed by atoms with E-state index >= 15 is 0 Å². The molecule has 0 atom stereocenters. The topological polar surface area (TPSA) is 29.9 Å². The summed E-state index contributed by atoms with van der Waals surface area (Å²) in [4.78, 5) is 0. The molecule has 0 saturated heterocycles. The monoisotopic (exact) mass is 269 g/mol. The van der Waals surface area contributed by atoms with E-state index in [0.29, 0.717) is 4.75 Å². The molecule has 0 fully saturated rings. The molecule has 0 amide bonds. The third-order valence-corrected chi connectivity index (χ3v) is 5.35. The lowest BCUT2D eigenvalue weighted by atomic mass is 10.0. The average molecular weight is 269 g/mol. The van der Waals surface area contributed by atoms with E-state index in [4.69, 9.17) is 0 Å². The molecule has 1 rings (SSSR count). The Morgan fingerprint density at radius 2 is 2.00 bits per heavy atom. The van der Waals surface area contributed by atoms with Gasteiger partial charge in [0, 0.05) is 24.4 Å². The number of aryl methyl sites for hydroxylation is 2. The van der Waals surface area contributed by atoms with Gasteiger partial charge in [-0.3, -0.25) is 4.68 Å². The van der Waals surface area contributed by atoms with Crippen molar-refractivity contribution >= 4 is 11.8 Å². The molecule has 104 valence electrons. The maximum atomic E-state index is 4.48. The van der Waals surface area contributed by atoms with Crippen molar-refractivity contribution in [1.29, 1.82) is 0 Å². The van der Waals surface area contributed by atoms with Crippen LogP contribution in [0.2, 0.25) is 0 Å². The van der Waals surface area contributed by atoms with Gasteiger partial charge in [0.05, 0.1) is 11.4 Å². The van der Waals surface area contributed by atoms with E-state index in [-0.39, 0.29) is 0 Å². The Hall–Kier alpha value is -0.480. The molecule has 0 aliphatic rings. The highest BCUT2D eigenvalue weighted by atomic mass is 32.2. The smallest absolute Gasteiger partial charge is 0.0597 e. The highest BCUT2D eigenvalue weighted by molar-refractivity contribution is 8.00. The average Bonchev–Trinajstić information content (AvgIpc) is 2.75. The van der Waals surface area contributed by atoms with Gasteiger partial charge < -0.3 is 5.32 Å². The molecule has 0 radical (unpaired) electrons. The van der Waals surface area contributed by atoms with Crippen molar-refractivity contribution < 1.29 is 0 Å². The van der Waals surface area contributed by atoms with Crippen LogP contribution in [0.5, 0.6) is 0 Å². The Morgan fingerprint density at radius 3 is 2.50 bits per heavy atom. The SMILES string of the molecule is CCn1nc(C)cc1CNCC(CC)(CC)SC. The van der Waals surface area contributed by atoms with Crippen LogP contribution >= 0.6 is 11.8 Å². The number of aromatic nitrogens is 2.